The summed E-state index contributed by atoms with van der Waals surface area (Å²) >= 11 is 0. The van der Waals surface area contributed by atoms with Gasteiger partial charge in [0.25, 0.3) is 0 Å². The Morgan fingerprint density at radius 1 is 1.04 bits per heavy atom. The van der Waals surface area contributed by atoms with Gasteiger partial charge in [-0.3, -0.25) is 9.59 Å². The quantitative estimate of drug-likeness (QED) is 0.932. The largest absolute Gasteiger partial charge is 0.481 e. The standard InChI is InChI=1S/C21H23NO3/c1-13-8-17(21(24)25)12-22(11-13)20(23)19-10-18(19)16-7-6-14-4-2-3-5-15(14)9-16/h2-7,9,13,17-19H,8,10-12H2,1H3,(H,24,25). The lowest BCUT2D eigenvalue weighted by Gasteiger charge is -2.35. The molecule has 130 valence electrons. The number of rotatable bonds is 3. The van der Waals surface area contributed by atoms with Crippen LogP contribution in [0.1, 0.15) is 31.2 Å². The van der Waals surface area contributed by atoms with Crippen molar-refractivity contribution in [2.24, 2.45) is 17.8 Å². The van der Waals surface area contributed by atoms with Gasteiger partial charge in [0, 0.05) is 19.0 Å². The summed E-state index contributed by atoms with van der Waals surface area (Å²) in [6, 6.07) is 14.7. The molecule has 2 aromatic carbocycles. The highest BCUT2D eigenvalue weighted by Crippen LogP contribution is 2.49. The first-order chi connectivity index (χ1) is 12.0. The molecule has 4 unspecified atom stereocenters. The maximum atomic E-state index is 12.9. The monoisotopic (exact) mass is 337 g/mol. The molecule has 0 spiro atoms. The molecule has 1 aliphatic carbocycles. The van der Waals surface area contributed by atoms with E-state index in [0.29, 0.717) is 19.5 Å². The van der Waals surface area contributed by atoms with Crippen molar-refractivity contribution < 1.29 is 14.7 Å². The fourth-order valence-corrected chi connectivity index (χ4v) is 4.22. The molecule has 2 fully saturated rings. The predicted molar refractivity (Wildman–Crippen MR) is 96.3 cm³/mol. The molecule has 4 heteroatoms. The molecule has 2 aliphatic rings. The molecule has 0 radical (unpaired) electrons. The van der Waals surface area contributed by atoms with Crippen LogP contribution in [0.25, 0.3) is 10.8 Å². The van der Waals surface area contributed by atoms with Crippen LogP contribution in [0.15, 0.2) is 42.5 Å². The summed E-state index contributed by atoms with van der Waals surface area (Å²) in [5, 5.41) is 11.7. The molecule has 2 aromatic rings. The number of benzene rings is 2. The number of amides is 1. The van der Waals surface area contributed by atoms with Crippen LogP contribution in [0.5, 0.6) is 0 Å². The van der Waals surface area contributed by atoms with Crippen molar-refractivity contribution in [2.75, 3.05) is 13.1 Å². The molecule has 4 rings (SSSR count). The third kappa shape index (κ3) is 3.13. The minimum absolute atomic E-state index is 0.0147. The normalized spacial score (nSPS) is 28.8. The lowest BCUT2D eigenvalue weighted by Crippen LogP contribution is -2.46. The van der Waals surface area contributed by atoms with Crippen LogP contribution in [0, 0.1) is 17.8 Å². The number of nitrogens with zero attached hydrogens (tertiary/aromatic N) is 1. The molecule has 1 saturated heterocycles. The van der Waals surface area contributed by atoms with Crippen molar-refractivity contribution in [1.29, 1.82) is 0 Å². The molecule has 4 atom stereocenters. The molecular weight excluding hydrogens is 314 g/mol. The van der Waals surface area contributed by atoms with Gasteiger partial charge < -0.3 is 10.0 Å². The molecule has 25 heavy (non-hydrogen) atoms. The minimum Gasteiger partial charge on any atom is -0.481 e. The number of fused-ring (bicyclic) bond motifs is 1. The van der Waals surface area contributed by atoms with Crippen LogP contribution in [0.2, 0.25) is 0 Å². The summed E-state index contributed by atoms with van der Waals surface area (Å²) in [6.07, 6.45) is 1.54. The number of hydrogen-bond acceptors (Lipinski definition) is 2. The molecule has 1 aliphatic heterocycles. The smallest absolute Gasteiger partial charge is 0.308 e. The van der Waals surface area contributed by atoms with E-state index in [-0.39, 0.29) is 23.7 Å². The summed E-state index contributed by atoms with van der Waals surface area (Å²) in [4.78, 5) is 26.0. The van der Waals surface area contributed by atoms with Crippen molar-refractivity contribution in [2.45, 2.75) is 25.7 Å². The SMILES string of the molecule is CC1CC(C(=O)O)CN(C(=O)C2CC2c2ccc3ccccc3c2)C1. The van der Waals surface area contributed by atoms with Crippen molar-refractivity contribution in [3.63, 3.8) is 0 Å². The van der Waals surface area contributed by atoms with Gasteiger partial charge in [0.1, 0.15) is 0 Å². The summed E-state index contributed by atoms with van der Waals surface area (Å²) in [7, 11) is 0. The number of carboxylic acid groups (broad SMARTS) is 1. The molecular formula is C21H23NO3. The molecule has 1 N–H and O–H groups in total. The average Bonchev–Trinajstić information content (AvgIpc) is 3.41. The highest BCUT2D eigenvalue weighted by Gasteiger charge is 2.47. The maximum absolute atomic E-state index is 12.9. The summed E-state index contributed by atoms with van der Waals surface area (Å²) in [6.45, 7) is 3.08. The molecule has 1 saturated carbocycles. The number of piperidine rings is 1. The zero-order chi connectivity index (χ0) is 17.6. The fraction of sp³-hybridized carbons (Fsp3) is 0.429. The number of likely N-dealkylation sites (tertiary alicyclic amines) is 1. The Labute approximate surface area is 147 Å². The second-order valence-electron chi connectivity index (χ2n) is 7.67. The summed E-state index contributed by atoms with van der Waals surface area (Å²) < 4.78 is 0. The van der Waals surface area contributed by atoms with Crippen molar-refractivity contribution >= 4 is 22.6 Å². The second kappa shape index (κ2) is 6.17. The van der Waals surface area contributed by atoms with Crippen LogP contribution in [-0.4, -0.2) is 35.0 Å². The zero-order valence-corrected chi connectivity index (χ0v) is 14.4. The second-order valence-corrected chi connectivity index (χ2v) is 7.67. The topological polar surface area (TPSA) is 57.6 Å². The Balaban J connectivity index is 1.48. The van der Waals surface area contributed by atoms with E-state index >= 15 is 0 Å². The lowest BCUT2D eigenvalue weighted by molar-refractivity contribution is -0.147. The van der Waals surface area contributed by atoms with Crippen LogP contribution in [0.3, 0.4) is 0 Å². The Morgan fingerprint density at radius 3 is 2.56 bits per heavy atom. The van der Waals surface area contributed by atoms with Crippen LogP contribution in [-0.2, 0) is 9.59 Å². The minimum atomic E-state index is -0.786. The molecule has 0 bridgehead atoms. The summed E-state index contributed by atoms with van der Waals surface area (Å²) in [5.41, 5.74) is 1.22. The van der Waals surface area contributed by atoms with Gasteiger partial charge in [-0.2, -0.15) is 0 Å². The molecule has 0 aromatic heterocycles. The van der Waals surface area contributed by atoms with Gasteiger partial charge in [-0.15, -0.1) is 0 Å². The fourth-order valence-electron chi connectivity index (χ4n) is 4.22. The van der Waals surface area contributed by atoms with Crippen molar-refractivity contribution in [1.82, 2.24) is 4.90 Å². The Kier molecular flexibility index (Phi) is 3.98. The third-order valence-electron chi connectivity index (χ3n) is 5.63. The molecule has 1 heterocycles. The number of aliphatic carboxylic acids is 1. The molecule has 4 nitrogen and oxygen atoms in total. The van der Waals surface area contributed by atoms with E-state index in [1.165, 1.54) is 16.3 Å². The van der Waals surface area contributed by atoms with Gasteiger partial charge >= 0.3 is 5.97 Å². The summed E-state index contributed by atoms with van der Waals surface area (Å²) in [5.74, 6) is -0.539. The Bertz CT molecular complexity index is 831. The number of hydrogen-bond donors (Lipinski definition) is 1. The number of carbonyl (C=O) groups excluding carboxylic acids is 1. The van der Waals surface area contributed by atoms with Gasteiger partial charge in [0.05, 0.1) is 5.92 Å². The number of carboxylic acids is 1. The number of carbonyl (C=O) groups is 2. The van der Waals surface area contributed by atoms with E-state index in [1.54, 1.807) is 4.90 Å². The third-order valence-corrected chi connectivity index (χ3v) is 5.63. The van der Waals surface area contributed by atoms with Crippen molar-refractivity contribution in [3.05, 3.63) is 48.0 Å². The average molecular weight is 337 g/mol. The highest BCUT2D eigenvalue weighted by atomic mass is 16.4. The van der Waals surface area contributed by atoms with E-state index in [9.17, 15) is 14.7 Å². The van der Waals surface area contributed by atoms with Gasteiger partial charge in [-0.05, 0) is 41.0 Å². The van der Waals surface area contributed by atoms with Crippen molar-refractivity contribution in [3.8, 4) is 0 Å². The van der Waals surface area contributed by atoms with E-state index in [0.717, 1.165) is 6.42 Å². The first kappa shape index (κ1) is 16.1. The van der Waals surface area contributed by atoms with Gasteiger partial charge in [-0.25, -0.2) is 0 Å². The van der Waals surface area contributed by atoms with Gasteiger partial charge in [0.2, 0.25) is 5.91 Å². The Hall–Kier alpha value is -2.36. The van der Waals surface area contributed by atoms with E-state index in [4.69, 9.17) is 0 Å². The van der Waals surface area contributed by atoms with Crippen LogP contribution < -0.4 is 0 Å². The first-order valence-electron chi connectivity index (χ1n) is 9.03. The predicted octanol–water partition coefficient (Wildman–Crippen LogP) is 3.51. The van der Waals surface area contributed by atoms with Crippen LogP contribution in [0.4, 0.5) is 0 Å². The van der Waals surface area contributed by atoms with E-state index in [1.807, 2.05) is 19.1 Å². The van der Waals surface area contributed by atoms with E-state index < -0.39 is 11.9 Å². The molecule has 1 amide bonds. The lowest BCUT2D eigenvalue weighted by atomic mass is 9.90. The first-order valence-corrected chi connectivity index (χ1v) is 9.03. The van der Waals surface area contributed by atoms with Crippen LogP contribution >= 0.6 is 0 Å². The zero-order valence-electron chi connectivity index (χ0n) is 14.4. The van der Waals surface area contributed by atoms with E-state index in [2.05, 4.69) is 30.3 Å². The maximum Gasteiger partial charge on any atom is 0.308 e. The Morgan fingerprint density at radius 2 is 1.80 bits per heavy atom. The van der Waals surface area contributed by atoms with Gasteiger partial charge in [-0.1, -0.05) is 49.4 Å². The highest BCUT2D eigenvalue weighted by molar-refractivity contribution is 5.86. The van der Waals surface area contributed by atoms with Gasteiger partial charge in [0.15, 0.2) is 0 Å².